The van der Waals surface area contributed by atoms with Crippen molar-refractivity contribution in [3.8, 4) is 0 Å². The molecule has 94 valence electrons. The SMILES string of the molecule is CN(Cc1ccc2ccccc2c1)c1ccccn1. The summed E-state index contributed by atoms with van der Waals surface area (Å²) in [6.45, 7) is 0.863. The van der Waals surface area contributed by atoms with Gasteiger partial charge in [0.05, 0.1) is 0 Å². The third kappa shape index (κ3) is 2.58. The summed E-state index contributed by atoms with van der Waals surface area (Å²) in [5, 5.41) is 2.57. The van der Waals surface area contributed by atoms with Crippen LogP contribution in [-0.4, -0.2) is 12.0 Å². The fourth-order valence-electron chi connectivity index (χ4n) is 2.27. The lowest BCUT2D eigenvalue weighted by atomic mass is 10.1. The summed E-state index contributed by atoms with van der Waals surface area (Å²) < 4.78 is 0. The molecule has 2 aromatic carbocycles. The fourth-order valence-corrected chi connectivity index (χ4v) is 2.27. The van der Waals surface area contributed by atoms with Gasteiger partial charge in [-0.3, -0.25) is 0 Å². The molecule has 0 aliphatic heterocycles. The minimum atomic E-state index is 0.863. The van der Waals surface area contributed by atoms with Crippen molar-refractivity contribution >= 4 is 16.6 Å². The molecule has 0 unspecified atom stereocenters. The maximum Gasteiger partial charge on any atom is 0.128 e. The highest BCUT2D eigenvalue weighted by Crippen LogP contribution is 2.18. The lowest BCUT2D eigenvalue weighted by Crippen LogP contribution is -2.17. The number of fused-ring (bicyclic) bond motifs is 1. The Morgan fingerprint density at radius 3 is 2.47 bits per heavy atom. The molecular formula is C17H16N2. The number of anilines is 1. The summed E-state index contributed by atoms with van der Waals surface area (Å²) >= 11 is 0. The Morgan fingerprint density at radius 2 is 1.68 bits per heavy atom. The van der Waals surface area contributed by atoms with Crippen LogP contribution in [0, 0.1) is 0 Å². The standard InChI is InChI=1S/C17H16N2/c1-19(17-8-4-5-11-18-17)13-14-9-10-15-6-2-3-7-16(15)12-14/h2-12H,13H2,1H3. The Morgan fingerprint density at radius 1 is 0.895 bits per heavy atom. The number of hydrogen-bond acceptors (Lipinski definition) is 2. The van der Waals surface area contributed by atoms with Crippen LogP contribution in [0.25, 0.3) is 10.8 Å². The summed E-state index contributed by atoms with van der Waals surface area (Å²) in [5.74, 6) is 0.996. The number of aromatic nitrogens is 1. The average molecular weight is 248 g/mol. The lowest BCUT2D eigenvalue weighted by molar-refractivity contribution is 0.899. The normalized spacial score (nSPS) is 10.6. The third-order valence-electron chi connectivity index (χ3n) is 3.27. The number of nitrogens with zero attached hydrogens (tertiary/aromatic N) is 2. The predicted octanol–water partition coefficient (Wildman–Crippen LogP) is 3.87. The molecule has 1 aromatic heterocycles. The quantitative estimate of drug-likeness (QED) is 0.699. The van der Waals surface area contributed by atoms with E-state index in [2.05, 4.69) is 59.4 Å². The van der Waals surface area contributed by atoms with Crippen molar-refractivity contribution in [3.05, 3.63) is 72.4 Å². The Kier molecular flexibility index (Phi) is 3.15. The number of rotatable bonds is 3. The van der Waals surface area contributed by atoms with Gasteiger partial charge in [0.1, 0.15) is 5.82 Å². The van der Waals surface area contributed by atoms with Crippen LogP contribution in [0.2, 0.25) is 0 Å². The van der Waals surface area contributed by atoms with Crippen LogP contribution >= 0.6 is 0 Å². The van der Waals surface area contributed by atoms with Crippen molar-refractivity contribution in [2.45, 2.75) is 6.54 Å². The van der Waals surface area contributed by atoms with E-state index in [0.29, 0.717) is 0 Å². The molecule has 2 nitrogen and oxygen atoms in total. The second-order valence-corrected chi connectivity index (χ2v) is 4.73. The molecule has 0 bridgehead atoms. The van der Waals surface area contributed by atoms with Crippen molar-refractivity contribution in [1.82, 2.24) is 4.98 Å². The molecule has 0 saturated heterocycles. The highest BCUT2D eigenvalue weighted by molar-refractivity contribution is 5.83. The van der Waals surface area contributed by atoms with Gasteiger partial charge in [-0.05, 0) is 34.5 Å². The van der Waals surface area contributed by atoms with Crippen molar-refractivity contribution < 1.29 is 0 Å². The smallest absolute Gasteiger partial charge is 0.128 e. The van der Waals surface area contributed by atoms with E-state index in [0.717, 1.165) is 12.4 Å². The lowest BCUT2D eigenvalue weighted by Gasteiger charge is -2.18. The summed E-state index contributed by atoms with van der Waals surface area (Å²) in [5.41, 5.74) is 1.30. The van der Waals surface area contributed by atoms with Crippen LogP contribution in [0.15, 0.2) is 66.9 Å². The van der Waals surface area contributed by atoms with E-state index in [1.54, 1.807) is 0 Å². The molecule has 0 fully saturated rings. The van der Waals surface area contributed by atoms with Crippen LogP contribution in [0.1, 0.15) is 5.56 Å². The zero-order valence-electron chi connectivity index (χ0n) is 11.0. The molecule has 3 aromatic rings. The molecule has 0 amide bonds. The largest absolute Gasteiger partial charge is 0.355 e. The molecule has 2 heteroatoms. The highest BCUT2D eigenvalue weighted by Gasteiger charge is 2.03. The molecule has 0 N–H and O–H groups in total. The fraction of sp³-hybridized carbons (Fsp3) is 0.118. The van der Waals surface area contributed by atoms with Crippen molar-refractivity contribution in [1.29, 1.82) is 0 Å². The van der Waals surface area contributed by atoms with Crippen molar-refractivity contribution in [2.24, 2.45) is 0 Å². The molecule has 0 saturated carbocycles. The van der Waals surface area contributed by atoms with Gasteiger partial charge < -0.3 is 4.90 Å². The minimum absolute atomic E-state index is 0.863. The first-order valence-electron chi connectivity index (χ1n) is 6.43. The molecule has 3 rings (SSSR count). The second-order valence-electron chi connectivity index (χ2n) is 4.73. The molecular weight excluding hydrogens is 232 g/mol. The van der Waals surface area contributed by atoms with Gasteiger partial charge >= 0.3 is 0 Å². The van der Waals surface area contributed by atoms with Gasteiger partial charge in [0.2, 0.25) is 0 Å². The van der Waals surface area contributed by atoms with Gasteiger partial charge in [-0.2, -0.15) is 0 Å². The summed E-state index contributed by atoms with van der Waals surface area (Å²) in [4.78, 5) is 6.52. The molecule has 0 spiro atoms. The number of pyridine rings is 1. The number of hydrogen-bond donors (Lipinski definition) is 0. The second kappa shape index (κ2) is 5.11. The van der Waals surface area contributed by atoms with Crippen LogP contribution < -0.4 is 4.90 Å². The topological polar surface area (TPSA) is 16.1 Å². The summed E-state index contributed by atoms with van der Waals surface area (Å²) in [7, 11) is 2.07. The van der Waals surface area contributed by atoms with Gasteiger partial charge in [-0.25, -0.2) is 4.98 Å². The number of benzene rings is 2. The van der Waals surface area contributed by atoms with Gasteiger partial charge in [-0.15, -0.1) is 0 Å². The van der Waals surface area contributed by atoms with Crippen molar-refractivity contribution in [2.75, 3.05) is 11.9 Å². The Bertz CT molecular complexity index is 677. The Hall–Kier alpha value is -2.35. The van der Waals surface area contributed by atoms with Crippen molar-refractivity contribution in [3.63, 3.8) is 0 Å². The molecule has 19 heavy (non-hydrogen) atoms. The molecule has 0 atom stereocenters. The van der Waals surface area contributed by atoms with Gasteiger partial charge in [0.15, 0.2) is 0 Å². The van der Waals surface area contributed by atoms with Gasteiger partial charge in [0.25, 0.3) is 0 Å². The molecule has 0 aliphatic rings. The van der Waals surface area contributed by atoms with E-state index in [-0.39, 0.29) is 0 Å². The van der Waals surface area contributed by atoms with E-state index in [1.165, 1.54) is 16.3 Å². The highest BCUT2D eigenvalue weighted by atomic mass is 15.2. The van der Waals surface area contributed by atoms with Crippen LogP contribution in [-0.2, 0) is 6.54 Å². The predicted molar refractivity (Wildman–Crippen MR) is 80.3 cm³/mol. The first-order valence-corrected chi connectivity index (χ1v) is 6.43. The average Bonchev–Trinajstić information content (AvgIpc) is 2.48. The zero-order chi connectivity index (χ0) is 13.1. The van der Waals surface area contributed by atoms with E-state index in [4.69, 9.17) is 0 Å². The molecule has 0 radical (unpaired) electrons. The Labute approximate surface area is 113 Å². The first-order chi connectivity index (χ1) is 9.33. The monoisotopic (exact) mass is 248 g/mol. The minimum Gasteiger partial charge on any atom is -0.355 e. The molecule has 0 aliphatic carbocycles. The molecule has 1 heterocycles. The van der Waals surface area contributed by atoms with E-state index >= 15 is 0 Å². The maximum absolute atomic E-state index is 4.36. The van der Waals surface area contributed by atoms with E-state index in [1.807, 2.05) is 24.4 Å². The Balaban J connectivity index is 1.85. The third-order valence-corrected chi connectivity index (χ3v) is 3.27. The van der Waals surface area contributed by atoms with Crippen LogP contribution in [0.4, 0.5) is 5.82 Å². The van der Waals surface area contributed by atoms with E-state index in [9.17, 15) is 0 Å². The summed E-state index contributed by atoms with van der Waals surface area (Å²) in [6.07, 6.45) is 1.83. The zero-order valence-corrected chi connectivity index (χ0v) is 11.0. The first kappa shape index (κ1) is 11.7. The van der Waals surface area contributed by atoms with Crippen LogP contribution in [0.5, 0.6) is 0 Å². The maximum atomic E-state index is 4.36. The van der Waals surface area contributed by atoms with Gasteiger partial charge in [-0.1, -0.05) is 42.5 Å². The summed E-state index contributed by atoms with van der Waals surface area (Å²) in [6, 6.07) is 21.0. The van der Waals surface area contributed by atoms with Crippen LogP contribution in [0.3, 0.4) is 0 Å². The van der Waals surface area contributed by atoms with Gasteiger partial charge in [0, 0.05) is 19.8 Å². The van der Waals surface area contributed by atoms with E-state index < -0.39 is 0 Å².